The molecule has 1 fully saturated rings. The number of β-lactam (4-membered cyclic amide) rings is 1. The molecule has 0 aromatic carbocycles. The third-order valence-corrected chi connectivity index (χ3v) is 11.8. The smallest absolute Gasteiger partial charge is 0.356 e. The second-order valence-electron chi connectivity index (χ2n) is 7.86. The number of nitrogens with zero attached hydrogens (tertiary/aromatic N) is 1. The SMILES string of the molecule is COC(=O)C=CSC1=C(C(=O)OCCO[Si](C)(C)C(C)(C)C)N2C(=O)C[C@H]2S1. The Morgan fingerprint density at radius 2 is 2.00 bits per heavy atom. The van der Waals surface area contributed by atoms with Gasteiger partial charge in [-0.3, -0.25) is 9.69 Å². The van der Waals surface area contributed by atoms with E-state index in [0.29, 0.717) is 17.3 Å². The van der Waals surface area contributed by atoms with Crippen molar-refractivity contribution in [3.8, 4) is 0 Å². The Bertz CT molecular complexity index is 713. The van der Waals surface area contributed by atoms with Crippen LogP contribution < -0.4 is 0 Å². The van der Waals surface area contributed by atoms with Crippen LogP contribution in [0, 0.1) is 0 Å². The van der Waals surface area contributed by atoms with E-state index >= 15 is 0 Å². The molecule has 7 nitrogen and oxygen atoms in total. The fourth-order valence-corrected chi connectivity index (χ4v) is 5.67. The van der Waals surface area contributed by atoms with Crippen LogP contribution >= 0.6 is 23.5 Å². The summed E-state index contributed by atoms with van der Waals surface area (Å²) in [5.41, 5.74) is 0.248. The normalized spacial score (nSPS) is 19.7. The number of hydrogen-bond acceptors (Lipinski definition) is 8. The summed E-state index contributed by atoms with van der Waals surface area (Å²) in [7, 11) is -0.615. The van der Waals surface area contributed by atoms with Crippen molar-refractivity contribution in [1.82, 2.24) is 4.90 Å². The Labute approximate surface area is 175 Å². The predicted molar refractivity (Wildman–Crippen MR) is 113 cm³/mol. The molecule has 1 saturated heterocycles. The maximum atomic E-state index is 12.6. The molecule has 2 rings (SSSR count). The van der Waals surface area contributed by atoms with Crippen molar-refractivity contribution in [1.29, 1.82) is 0 Å². The number of fused-ring (bicyclic) bond motifs is 1. The molecule has 156 valence electrons. The van der Waals surface area contributed by atoms with Crippen LogP contribution in [0.2, 0.25) is 18.1 Å². The zero-order valence-corrected chi connectivity index (χ0v) is 19.7. The standard InChI is InChI=1S/C18H27NO6S2Si/c1-18(2,3)28(5,6)25-9-8-24-16(22)15-17(26-10-7-14(21)23-4)27-13-11-12(20)19(13)15/h7,10,13H,8-9,11H2,1-6H3/t13-/m1/s1. The minimum Gasteiger partial charge on any atom is -0.466 e. The molecular weight excluding hydrogens is 418 g/mol. The zero-order chi connectivity index (χ0) is 21.1. The average molecular weight is 446 g/mol. The number of carbonyl (C=O) groups excluding carboxylic acids is 3. The Kier molecular flexibility index (Phi) is 7.46. The molecule has 0 radical (unpaired) electrons. The topological polar surface area (TPSA) is 82.1 Å². The van der Waals surface area contributed by atoms with Gasteiger partial charge in [0.2, 0.25) is 5.91 Å². The first-order chi connectivity index (χ1) is 13.0. The molecule has 0 unspecified atom stereocenters. The van der Waals surface area contributed by atoms with E-state index in [0.717, 1.165) is 0 Å². The van der Waals surface area contributed by atoms with Gasteiger partial charge < -0.3 is 13.9 Å². The number of thioether (sulfide) groups is 2. The number of hydrogen-bond donors (Lipinski definition) is 0. The summed E-state index contributed by atoms with van der Waals surface area (Å²) in [6.45, 7) is 11.2. The van der Waals surface area contributed by atoms with Crippen molar-refractivity contribution >= 4 is 49.7 Å². The number of rotatable bonds is 8. The molecule has 2 aliphatic rings. The minimum absolute atomic E-state index is 0.0763. The molecule has 0 N–H and O–H groups in total. The number of ether oxygens (including phenoxy) is 2. The number of methoxy groups -OCH3 is 1. The van der Waals surface area contributed by atoms with Gasteiger partial charge in [-0.2, -0.15) is 0 Å². The number of carbonyl (C=O) groups is 3. The monoisotopic (exact) mass is 445 g/mol. The lowest BCUT2D eigenvalue weighted by atomic mass is 10.2. The lowest BCUT2D eigenvalue weighted by molar-refractivity contribution is -0.149. The van der Waals surface area contributed by atoms with Gasteiger partial charge in [-0.15, -0.1) is 0 Å². The van der Waals surface area contributed by atoms with Gasteiger partial charge in [0.15, 0.2) is 14.0 Å². The van der Waals surface area contributed by atoms with Crippen LogP contribution in [-0.2, 0) is 28.3 Å². The molecular formula is C18H27NO6S2Si. The number of amides is 1. The van der Waals surface area contributed by atoms with E-state index in [-0.39, 0.29) is 28.6 Å². The van der Waals surface area contributed by atoms with Crippen LogP contribution in [0.4, 0.5) is 0 Å². The molecule has 2 heterocycles. The van der Waals surface area contributed by atoms with Gasteiger partial charge in [-0.1, -0.05) is 44.3 Å². The highest BCUT2D eigenvalue weighted by Crippen LogP contribution is 2.51. The highest BCUT2D eigenvalue weighted by molar-refractivity contribution is 8.24. The number of esters is 2. The molecule has 0 aliphatic carbocycles. The van der Waals surface area contributed by atoms with E-state index in [1.165, 1.54) is 41.6 Å². The summed E-state index contributed by atoms with van der Waals surface area (Å²) in [5.74, 6) is -1.13. The molecule has 1 atom stereocenters. The van der Waals surface area contributed by atoms with Gasteiger partial charge in [-0.05, 0) is 23.5 Å². The minimum atomic E-state index is -1.91. The molecule has 0 saturated carbocycles. The highest BCUT2D eigenvalue weighted by atomic mass is 32.2. The van der Waals surface area contributed by atoms with Crippen LogP contribution in [0.1, 0.15) is 27.2 Å². The van der Waals surface area contributed by atoms with Crippen LogP contribution in [0.3, 0.4) is 0 Å². The first-order valence-corrected chi connectivity index (χ1v) is 13.6. The Hall–Kier alpha value is -1.23. The Morgan fingerprint density at radius 1 is 1.32 bits per heavy atom. The van der Waals surface area contributed by atoms with Crippen molar-refractivity contribution in [2.45, 2.75) is 50.7 Å². The summed E-state index contributed by atoms with van der Waals surface area (Å²) in [6, 6.07) is 0. The maximum Gasteiger partial charge on any atom is 0.356 e. The van der Waals surface area contributed by atoms with E-state index in [9.17, 15) is 14.4 Å². The summed E-state index contributed by atoms with van der Waals surface area (Å²) in [4.78, 5) is 37.2. The van der Waals surface area contributed by atoms with Gasteiger partial charge in [-0.25, -0.2) is 9.59 Å². The fourth-order valence-electron chi connectivity index (χ4n) is 2.23. The maximum absolute atomic E-state index is 12.6. The van der Waals surface area contributed by atoms with Gasteiger partial charge in [0.05, 0.1) is 29.7 Å². The quantitative estimate of drug-likeness (QED) is 0.185. The molecule has 0 spiro atoms. The van der Waals surface area contributed by atoms with Gasteiger partial charge in [0.1, 0.15) is 6.61 Å². The lowest BCUT2D eigenvalue weighted by Gasteiger charge is -2.36. The molecule has 2 aliphatic heterocycles. The van der Waals surface area contributed by atoms with Crippen molar-refractivity contribution in [3.63, 3.8) is 0 Å². The first kappa shape index (κ1) is 23.0. The second kappa shape index (κ2) is 9.06. The van der Waals surface area contributed by atoms with E-state index in [1.54, 1.807) is 5.41 Å². The summed E-state index contributed by atoms with van der Waals surface area (Å²) >= 11 is 2.63. The van der Waals surface area contributed by atoms with E-state index in [4.69, 9.17) is 9.16 Å². The highest BCUT2D eigenvalue weighted by Gasteiger charge is 2.49. The largest absolute Gasteiger partial charge is 0.466 e. The van der Waals surface area contributed by atoms with Gasteiger partial charge >= 0.3 is 11.9 Å². The summed E-state index contributed by atoms with van der Waals surface area (Å²) in [6.07, 6.45) is 1.66. The Balaban J connectivity index is 1.97. The Morgan fingerprint density at radius 3 is 2.57 bits per heavy atom. The van der Waals surface area contributed by atoms with E-state index in [1.807, 2.05) is 0 Å². The second-order valence-corrected chi connectivity index (χ2v) is 15.0. The van der Waals surface area contributed by atoms with Crippen LogP contribution in [0.25, 0.3) is 0 Å². The van der Waals surface area contributed by atoms with Crippen molar-refractivity contribution in [2.75, 3.05) is 20.3 Å². The summed E-state index contributed by atoms with van der Waals surface area (Å²) < 4.78 is 16.6. The van der Waals surface area contributed by atoms with Crippen LogP contribution in [-0.4, -0.2) is 56.8 Å². The predicted octanol–water partition coefficient (Wildman–Crippen LogP) is 3.45. The summed E-state index contributed by atoms with van der Waals surface area (Å²) in [5, 5.41) is 1.54. The van der Waals surface area contributed by atoms with Gasteiger partial charge in [0, 0.05) is 6.08 Å². The molecule has 0 aromatic rings. The third kappa shape index (κ3) is 5.22. The average Bonchev–Trinajstić information content (AvgIpc) is 2.89. The van der Waals surface area contributed by atoms with Crippen LogP contribution in [0.5, 0.6) is 0 Å². The van der Waals surface area contributed by atoms with E-state index in [2.05, 4.69) is 38.6 Å². The first-order valence-electron chi connectivity index (χ1n) is 8.93. The lowest BCUT2D eigenvalue weighted by Crippen LogP contribution is -2.48. The molecule has 10 heteroatoms. The third-order valence-electron chi connectivity index (χ3n) is 4.94. The zero-order valence-electron chi connectivity index (χ0n) is 17.1. The van der Waals surface area contributed by atoms with Crippen molar-refractivity contribution < 1.29 is 28.3 Å². The van der Waals surface area contributed by atoms with Crippen LogP contribution in [0.15, 0.2) is 21.4 Å². The molecule has 28 heavy (non-hydrogen) atoms. The van der Waals surface area contributed by atoms with Crippen molar-refractivity contribution in [2.24, 2.45) is 0 Å². The van der Waals surface area contributed by atoms with Crippen molar-refractivity contribution in [3.05, 3.63) is 21.4 Å². The fraction of sp³-hybridized carbons (Fsp3) is 0.611. The van der Waals surface area contributed by atoms with E-state index < -0.39 is 20.3 Å². The molecule has 0 bridgehead atoms. The molecule has 0 aromatic heterocycles. The molecule has 1 amide bonds. The van der Waals surface area contributed by atoms with Gasteiger partial charge in [0.25, 0.3) is 0 Å².